The normalized spacial score (nSPS) is 11.0. The van der Waals surface area contributed by atoms with Crippen LogP contribution in [0, 0.1) is 0 Å². The second-order valence-electron chi connectivity index (χ2n) is 4.09. The summed E-state index contributed by atoms with van der Waals surface area (Å²) in [6.07, 6.45) is 1.31. The molecule has 0 radical (unpaired) electrons. The molecule has 0 fully saturated rings. The maximum atomic E-state index is 12.3. The lowest BCUT2D eigenvalue weighted by Gasteiger charge is -2.12. The van der Waals surface area contributed by atoms with Crippen LogP contribution in [0.2, 0.25) is 5.02 Å². The monoisotopic (exact) mass is 360 g/mol. The first-order valence-corrected chi connectivity index (χ1v) is 7.46. The highest BCUT2D eigenvalue weighted by Crippen LogP contribution is 2.37. The van der Waals surface area contributed by atoms with E-state index in [9.17, 15) is 13.6 Å². The summed E-state index contributed by atoms with van der Waals surface area (Å²) in [4.78, 5) is 12.2. The van der Waals surface area contributed by atoms with Crippen LogP contribution in [0.5, 0.6) is 11.5 Å². The standard InChI is InChI=1S/C14H11ClF2N2O3S/c1-21-10-6-8(5-9(15)12(10)22-14(16)17)7-18-19-13(20)11-3-2-4-23-11/h2-7,14H,1H3,(H,19,20)/b18-7-. The van der Waals surface area contributed by atoms with E-state index in [0.29, 0.717) is 10.4 Å². The van der Waals surface area contributed by atoms with Crippen LogP contribution >= 0.6 is 22.9 Å². The van der Waals surface area contributed by atoms with Crippen LogP contribution in [-0.2, 0) is 0 Å². The number of nitrogens with one attached hydrogen (secondary N) is 1. The number of carbonyl (C=O) groups excluding carboxylic acids is 1. The minimum atomic E-state index is -3.02. The summed E-state index contributed by atoms with van der Waals surface area (Å²) in [7, 11) is 1.30. The van der Waals surface area contributed by atoms with E-state index in [1.54, 1.807) is 17.5 Å². The molecule has 0 aliphatic heterocycles. The highest BCUT2D eigenvalue weighted by molar-refractivity contribution is 7.12. The molecule has 1 amide bonds. The average Bonchev–Trinajstić information content (AvgIpc) is 3.03. The number of thiophene rings is 1. The number of nitrogens with zero attached hydrogens (tertiary/aromatic N) is 1. The fourth-order valence-electron chi connectivity index (χ4n) is 1.65. The van der Waals surface area contributed by atoms with Gasteiger partial charge in [-0.25, -0.2) is 5.43 Å². The van der Waals surface area contributed by atoms with Gasteiger partial charge in [0.2, 0.25) is 0 Å². The van der Waals surface area contributed by atoms with E-state index in [0.717, 1.165) is 0 Å². The Balaban J connectivity index is 2.12. The van der Waals surface area contributed by atoms with Gasteiger partial charge in [-0.2, -0.15) is 13.9 Å². The quantitative estimate of drug-likeness (QED) is 0.630. The summed E-state index contributed by atoms with van der Waals surface area (Å²) in [5, 5.41) is 5.49. The molecule has 0 unspecified atom stereocenters. The molecule has 1 aromatic carbocycles. The van der Waals surface area contributed by atoms with Gasteiger partial charge < -0.3 is 9.47 Å². The van der Waals surface area contributed by atoms with Gasteiger partial charge in [0.1, 0.15) is 0 Å². The first-order chi connectivity index (χ1) is 11.0. The number of methoxy groups -OCH3 is 1. The Morgan fingerprint density at radius 3 is 2.87 bits per heavy atom. The van der Waals surface area contributed by atoms with E-state index in [1.165, 1.54) is 36.8 Å². The minimum Gasteiger partial charge on any atom is -0.493 e. The van der Waals surface area contributed by atoms with Crippen molar-refractivity contribution in [3.63, 3.8) is 0 Å². The van der Waals surface area contributed by atoms with Gasteiger partial charge in [-0.3, -0.25) is 4.79 Å². The molecule has 5 nitrogen and oxygen atoms in total. The van der Waals surface area contributed by atoms with Gasteiger partial charge >= 0.3 is 6.61 Å². The summed E-state index contributed by atoms with van der Waals surface area (Å²) in [6, 6.07) is 6.18. The largest absolute Gasteiger partial charge is 0.493 e. The van der Waals surface area contributed by atoms with Crippen molar-refractivity contribution in [1.29, 1.82) is 0 Å². The van der Waals surface area contributed by atoms with Crippen LogP contribution in [-0.4, -0.2) is 25.8 Å². The van der Waals surface area contributed by atoms with Crippen molar-refractivity contribution in [2.45, 2.75) is 6.61 Å². The van der Waals surface area contributed by atoms with Gasteiger partial charge in [0.05, 0.1) is 23.2 Å². The molecule has 2 rings (SSSR count). The van der Waals surface area contributed by atoms with Gasteiger partial charge in [0.25, 0.3) is 5.91 Å². The number of hydrogen-bond acceptors (Lipinski definition) is 5. The third-order valence-electron chi connectivity index (χ3n) is 2.58. The molecule has 122 valence electrons. The molecular weight excluding hydrogens is 350 g/mol. The Morgan fingerprint density at radius 1 is 1.48 bits per heavy atom. The van der Waals surface area contributed by atoms with Crippen molar-refractivity contribution < 1.29 is 23.0 Å². The fraction of sp³-hybridized carbons (Fsp3) is 0.143. The van der Waals surface area contributed by atoms with E-state index >= 15 is 0 Å². The molecule has 1 aromatic heterocycles. The molecule has 2 aromatic rings. The predicted molar refractivity (Wildman–Crippen MR) is 84.0 cm³/mol. The molecule has 0 spiro atoms. The van der Waals surface area contributed by atoms with Crippen molar-refractivity contribution in [2.75, 3.05) is 7.11 Å². The lowest BCUT2D eigenvalue weighted by atomic mass is 10.2. The Kier molecular flexibility index (Phi) is 5.89. The van der Waals surface area contributed by atoms with Crippen LogP contribution in [0.4, 0.5) is 8.78 Å². The number of amides is 1. The summed E-state index contributed by atoms with van der Waals surface area (Å²) in [5.41, 5.74) is 2.79. The van der Waals surface area contributed by atoms with E-state index in [4.69, 9.17) is 16.3 Å². The maximum Gasteiger partial charge on any atom is 0.387 e. The van der Waals surface area contributed by atoms with Crippen LogP contribution in [0.1, 0.15) is 15.2 Å². The molecule has 0 saturated heterocycles. The number of halogens is 3. The second-order valence-corrected chi connectivity index (χ2v) is 5.44. The molecule has 23 heavy (non-hydrogen) atoms. The zero-order chi connectivity index (χ0) is 16.8. The third kappa shape index (κ3) is 4.64. The number of alkyl halides is 2. The van der Waals surface area contributed by atoms with Crippen molar-refractivity contribution in [1.82, 2.24) is 5.43 Å². The summed E-state index contributed by atoms with van der Waals surface area (Å²) >= 11 is 7.17. The van der Waals surface area contributed by atoms with Gasteiger partial charge in [-0.1, -0.05) is 17.7 Å². The van der Waals surface area contributed by atoms with Gasteiger partial charge in [0, 0.05) is 0 Å². The third-order valence-corrected chi connectivity index (χ3v) is 3.73. The number of rotatable bonds is 6. The van der Waals surface area contributed by atoms with Crippen molar-refractivity contribution in [3.8, 4) is 11.5 Å². The Bertz CT molecular complexity index is 708. The number of benzene rings is 1. The van der Waals surface area contributed by atoms with Gasteiger partial charge in [-0.05, 0) is 29.1 Å². The van der Waals surface area contributed by atoms with Crippen molar-refractivity contribution >= 4 is 35.1 Å². The molecule has 0 saturated carbocycles. The van der Waals surface area contributed by atoms with Gasteiger partial charge in [0.15, 0.2) is 11.5 Å². The Hall–Kier alpha value is -2.19. The lowest BCUT2D eigenvalue weighted by molar-refractivity contribution is -0.0511. The highest BCUT2D eigenvalue weighted by Gasteiger charge is 2.15. The zero-order valence-electron chi connectivity index (χ0n) is 11.8. The summed E-state index contributed by atoms with van der Waals surface area (Å²) < 4.78 is 33.9. The number of ether oxygens (including phenoxy) is 2. The van der Waals surface area contributed by atoms with Crippen LogP contribution in [0.25, 0.3) is 0 Å². The Labute approximate surface area is 139 Å². The SMILES string of the molecule is COc1cc(/C=N\NC(=O)c2cccs2)cc(Cl)c1OC(F)F. The number of carbonyl (C=O) groups is 1. The molecular formula is C14H11ClF2N2O3S. The van der Waals surface area contributed by atoms with Crippen LogP contribution < -0.4 is 14.9 Å². The molecule has 0 aliphatic rings. The molecule has 0 atom stereocenters. The first kappa shape index (κ1) is 17.2. The van der Waals surface area contributed by atoms with Gasteiger partial charge in [-0.15, -0.1) is 11.3 Å². The van der Waals surface area contributed by atoms with Crippen molar-refractivity contribution in [3.05, 3.63) is 45.1 Å². The highest BCUT2D eigenvalue weighted by atomic mass is 35.5. The molecule has 1 N–H and O–H groups in total. The molecule has 1 heterocycles. The second kappa shape index (κ2) is 7.89. The molecule has 9 heteroatoms. The van der Waals surface area contributed by atoms with Crippen LogP contribution in [0.3, 0.4) is 0 Å². The van der Waals surface area contributed by atoms with E-state index in [2.05, 4.69) is 15.3 Å². The Morgan fingerprint density at radius 2 is 2.26 bits per heavy atom. The maximum absolute atomic E-state index is 12.3. The first-order valence-electron chi connectivity index (χ1n) is 6.20. The predicted octanol–water partition coefficient (Wildman–Crippen LogP) is 3.78. The van der Waals surface area contributed by atoms with E-state index in [-0.39, 0.29) is 22.4 Å². The summed E-state index contributed by atoms with van der Waals surface area (Å²) in [6.45, 7) is -3.02. The number of hydrogen-bond donors (Lipinski definition) is 1. The van der Waals surface area contributed by atoms with Crippen LogP contribution in [0.15, 0.2) is 34.7 Å². The topological polar surface area (TPSA) is 59.9 Å². The average molecular weight is 361 g/mol. The zero-order valence-corrected chi connectivity index (χ0v) is 13.3. The fourth-order valence-corrected chi connectivity index (χ4v) is 2.52. The smallest absolute Gasteiger partial charge is 0.387 e. The van der Waals surface area contributed by atoms with Crippen molar-refractivity contribution in [2.24, 2.45) is 5.10 Å². The molecule has 0 bridgehead atoms. The lowest BCUT2D eigenvalue weighted by Crippen LogP contribution is -2.16. The minimum absolute atomic E-state index is 0.0313. The molecule has 0 aliphatic carbocycles. The number of hydrazone groups is 1. The summed E-state index contributed by atoms with van der Waals surface area (Å²) in [5.74, 6) is -0.584. The van der Waals surface area contributed by atoms with E-state index in [1.807, 2.05) is 0 Å². The van der Waals surface area contributed by atoms with E-state index < -0.39 is 6.61 Å².